The summed E-state index contributed by atoms with van der Waals surface area (Å²) in [4.78, 5) is 39.4. The third kappa shape index (κ3) is 2.49. The molecule has 1 unspecified atom stereocenters. The number of allylic oxidation sites excluding steroid dienone is 1. The molecule has 0 amide bonds. The molecule has 1 N–H and O–H groups in total. The van der Waals surface area contributed by atoms with E-state index in [1.165, 1.54) is 11.6 Å². The highest BCUT2D eigenvalue weighted by molar-refractivity contribution is 6.23. The van der Waals surface area contributed by atoms with Crippen LogP contribution >= 0.6 is 0 Å². The summed E-state index contributed by atoms with van der Waals surface area (Å²) in [6.07, 6.45) is 0. The smallest absolute Gasteiger partial charge is 0.332 e. The van der Waals surface area contributed by atoms with Gasteiger partial charge in [0.25, 0.3) is 5.56 Å². The fourth-order valence-electron chi connectivity index (χ4n) is 4.61. The van der Waals surface area contributed by atoms with E-state index >= 15 is 0 Å². The number of rotatable bonds is 2. The minimum absolute atomic E-state index is 0.121. The van der Waals surface area contributed by atoms with Gasteiger partial charge < -0.3 is 10.1 Å². The molecule has 0 fully saturated rings. The van der Waals surface area contributed by atoms with Crippen molar-refractivity contribution in [2.45, 2.75) is 12.8 Å². The summed E-state index contributed by atoms with van der Waals surface area (Å²) >= 11 is 0. The molecule has 0 saturated heterocycles. The third-order valence-electron chi connectivity index (χ3n) is 6.24. The van der Waals surface area contributed by atoms with E-state index in [2.05, 4.69) is 5.32 Å². The Morgan fingerprint density at radius 3 is 2.39 bits per heavy atom. The van der Waals surface area contributed by atoms with E-state index < -0.39 is 17.2 Å². The highest BCUT2D eigenvalue weighted by atomic mass is 16.5. The fraction of sp³-hybridized carbons (Fsp3) is 0.208. The van der Waals surface area contributed by atoms with E-state index in [0.29, 0.717) is 34.0 Å². The van der Waals surface area contributed by atoms with Gasteiger partial charge in [-0.15, -0.1) is 0 Å². The number of ketones is 1. The SMILES string of the molecule is COc1cc(C2C3=C(Nc4c2c(=O)n(C)c(=O)n4C)c2ccccc2C3=O)ccc1C. The highest BCUT2D eigenvalue weighted by Gasteiger charge is 2.42. The largest absolute Gasteiger partial charge is 0.496 e. The topological polar surface area (TPSA) is 82.3 Å². The van der Waals surface area contributed by atoms with E-state index in [1.807, 2.05) is 43.3 Å². The third-order valence-corrected chi connectivity index (χ3v) is 6.24. The predicted molar refractivity (Wildman–Crippen MR) is 118 cm³/mol. The van der Waals surface area contributed by atoms with Crippen LogP contribution in [-0.4, -0.2) is 22.0 Å². The van der Waals surface area contributed by atoms with E-state index in [1.54, 1.807) is 20.2 Å². The zero-order chi connectivity index (χ0) is 22.0. The summed E-state index contributed by atoms with van der Waals surface area (Å²) in [5, 5.41) is 3.24. The maximum atomic E-state index is 13.5. The molecule has 1 aliphatic heterocycles. The number of nitrogens with zero attached hydrogens (tertiary/aromatic N) is 2. The summed E-state index contributed by atoms with van der Waals surface area (Å²) < 4.78 is 8.01. The lowest BCUT2D eigenvalue weighted by Gasteiger charge is -2.30. The second-order valence-electron chi connectivity index (χ2n) is 7.92. The van der Waals surface area contributed by atoms with Crippen LogP contribution < -0.4 is 21.3 Å². The van der Waals surface area contributed by atoms with E-state index in [4.69, 9.17) is 4.74 Å². The van der Waals surface area contributed by atoms with Crippen LogP contribution in [-0.2, 0) is 14.1 Å². The van der Waals surface area contributed by atoms with Gasteiger partial charge in [0.2, 0.25) is 0 Å². The molecule has 0 saturated carbocycles. The minimum atomic E-state index is -0.633. The number of Topliss-reactive ketones (excluding diaryl/α,β-unsaturated/α-hetero) is 1. The number of aryl methyl sites for hydroxylation is 1. The number of methoxy groups -OCH3 is 1. The number of anilines is 1. The Bertz CT molecular complexity index is 1440. The van der Waals surface area contributed by atoms with Crippen LogP contribution in [0.25, 0.3) is 5.70 Å². The van der Waals surface area contributed by atoms with Gasteiger partial charge in [-0.2, -0.15) is 0 Å². The Balaban J connectivity index is 1.89. The predicted octanol–water partition coefficient (Wildman–Crippen LogP) is 2.57. The van der Waals surface area contributed by atoms with Gasteiger partial charge in [-0.1, -0.05) is 36.4 Å². The van der Waals surface area contributed by atoms with Gasteiger partial charge in [0.1, 0.15) is 11.6 Å². The minimum Gasteiger partial charge on any atom is -0.496 e. The zero-order valence-electron chi connectivity index (χ0n) is 17.6. The first-order valence-electron chi connectivity index (χ1n) is 9.95. The highest BCUT2D eigenvalue weighted by Crippen LogP contribution is 2.48. The molecule has 1 aliphatic carbocycles. The maximum Gasteiger partial charge on any atom is 0.332 e. The summed E-state index contributed by atoms with van der Waals surface area (Å²) in [6, 6.07) is 13.0. The van der Waals surface area contributed by atoms with Crippen LogP contribution in [0.4, 0.5) is 5.82 Å². The number of ether oxygens (including phenoxy) is 1. The first kappa shape index (κ1) is 19.1. The average Bonchev–Trinajstić information content (AvgIpc) is 3.07. The number of carbonyl (C=O) groups is 1. The molecule has 1 atom stereocenters. The number of nitrogens with one attached hydrogen (secondary N) is 1. The lowest BCUT2D eigenvalue weighted by molar-refractivity contribution is 0.103. The van der Waals surface area contributed by atoms with Crippen LogP contribution in [0.1, 0.15) is 38.5 Å². The number of fused-ring (bicyclic) bond motifs is 3. The van der Waals surface area contributed by atoms with Gasteiger partial charge in [0.05, 0.1) is 18.4 Å². The van der Waals surface area contributed by atoms with Crippen molar-refractivity contribution in [3.05, 3.63) is 96.7 Å². The van der Waals surface area contributed by atoms with Crippen molar-refractivity contribution < 1.29 is 9.53 Å². The maximum absolute atomic E-state index is 13.5. The van der Waals surface area contributed by atoms with Gasteiger partial charge in [0.15, 0.2) is 5.78 Å². The number of hydrogen-bond donors (Lipinski definition) is 1. The van der Waals surface area contributed by atoms with Crippen molar-refractivity contribution in [3.63, 3.8) is 0 Å². The molecule has 3 aromatic rings. The molecule has 0 spiro atoms. The van der Waals surface area contributed by atoms with Crippen LogP contribution in [0.3, 0.4) is 0 Å². The van der Waals surface area contributed by atoms with Gasteiger partial charge in [-0.3, -0.25) is 18.7 Å². The molecule has 2 heterocycles. The number of aromatic nitrogens is 2. The van der Waals surface area contributed by atoms with Crippen molar-refractivity contribution in [2.75, 3.05) is 12.4 Å². The van der Waals surface area contributed by atoms with Crippen molar-refractivity contribution in [1.82, 2.24) is 9.13 Å². The Morgan fingerprint density at radius 2 is 1.68 bits per heavy atom. The molecular formula is C24H21N3O4. The molecule has 0 radical (unpaired) electrons. The van der Waals surface area contributed by atoms with Crippen molar-refractivity contribution in [3.8, 4) is 5.75 Å². The summed E-state index contributed by atoms with van der Waals surface area (Å²) in [5.41, 5.74) is 3.72. The Labute approximate surface area is 178 Å². The second kappa shape index (κ2) is 6.57. The van der Waals surface area contributed by atoms with Crippen molar-refractivity contribution >= 4 is 17.3 Å². The number of carbonyl (C=O) groups excluding carboxylic acids is 1. The molecule has 5 rings (SSSR count). The summed E-state index contributed by atoms with van der Waals surface area (Å²) in [7, 11) is 4.66. The fourth-order valence-corrected chi connectivity index (χ4v) is 4.61. The standard InChI is InChI=1S/C24H21N3O4/c1-12-9-10-13(11-16(12)31-4)17-18-20(14-7-5-6-8-15(14)21(18)28)25-22-19(17)23(29)27(3)24(30)26(22)2/h5-11,17,25H,1-4H3. The second-order valence-corrected chi connectivity index (χ2v) is 7.92. The molecule has 7 nitrogen and oxygen atoms in total. The Hall–Kier alpha value is -3.87. The van der Waals surface area contributed by atoms with Gasteiger partial charge in [-0.25, -0.2) is 4.79 Å². The molecule has 1 aromatic heterocycles. The molecule has 31 heavy (non-hydrogen) atoms. The van der Waals surface area contributed by atoms with E-state index in [-0.39, 0.29) is 5.78 Å². The van der Waals surface area contributed by atoms with Crippen LogP contribution in [0, 0.1) is 6.92 Å². The first-order valence-corrected chi connectivity index (χ1v) is 9.95. The molecular weight excluding hydrogens is 394 g/mol. The summed E-state index contributed by atoms with van der Waals surface area (Å²) in [5.74, 6) is 0.320. The quantitative estimate of drug-likeness (QED) is 0.696. The van der Waals surface area contributed by atoms with E-state index in [0.717, 1.165) is 21.3 Å². The first-order chi connectivity index (χ1) is 14.8. The van der Waals surface area contributed by atoms with Gasteiger partial charge >= 0.3 is 5.69 Å². The van der Waals surface area contributed by atoms with Crippen LogP contribution in [0.5, 0.6) is 5.75 Å². The summed E-state index contributed by atoms with van der Waals surface area (Å²) in [6.45, 7) is 1.93. The van der Waals surface area contributed by atoms with Gasteiger partial charge in [0, 0.05) is 36.7 Å². The molecule has 7 heteroatoms. The van der Waals surface area contributed by atoms with Crippen molar-refractivity contribution in [2.24, 2.45) is 14.1 Å². The zero-order valence-corrected chi connectivity index (χ0v) is 17.6. The van der Waals surface area contributed by atoms with Gasteiger partial charge in [-0.05, 0) is 24.1 Å². The lowest BCUT2D eigenvalue weighted by Crippen LogP contribution is -2.42. The van der Waals surface area contributed by atoms with Crippen molar-refractivity contribution in [1.29, 1.82) is 0 Å². The lowest BCUT2D eigenvalue weighted by atomic mass is 9.81. The van der Waals surface area contributed by atoms with Crippen LogP contribution in [0.15, 0.2) is 57.6 Å². The average molecular weight is 415 g/mol. The number of hydrogen-bond acceptors (Lipinski definition) is 5. The number of benzene rings is 2. The Kier molecular flexibility index (Phi) is 4.05. The molecule has 156 valence electrons. The molecule has 0 bridgehead atoms. The molecule has 2 aromatic carbocycles. The Morgan fingerprint density at radius 1 is 0.968 bits per heavy atom. The molecule has 2 aliphatic rings. The monoisotopic (exact) mass is 415 g/mol. The van der Waals surface area contributed by atoms with Crippen LogP contribution in [0.2, 0.25) is 0 Å². The van der Waals surface area contributed by atoms with E-state index in [9.17, 15) is 14.4 Å². The normalized spacial score (nSPS) is 16.5.